The lowest BCUT2D eigenvalue weighted by molar-refractivity contribution is 0.0915. The van der Waals surface area contributed by atoms with Crippen LogP contribution < -0.4 is 10.6 Å². The molecule has 4 heteroatoms. The first-order valence-corrected chi connectivity index (χ1v) is 7.55. The van der Waals surface area contributed by atoms with Gasteiger partial charge in [0.25, 0.3) is 5.91 Å². The Morgan fingerprint density at radius 2 is 2.15 bits per heavy atom. The SMILES string of the molecule is CN1CCC(NC(=O)c2cccc3c2CNCC3)CC1. The third-order valence-electron chi connectivity index (χ3n) is 4.44. The van der Waals surface area contributed by atoms with Crippen molar-refractivity contribution >= 4 is 5.91 Å². The summed E-state index contributed by atoms with van der Waals surface area (Å²) in [4.78, 5) is 14.8. The van der Waals surface area contributed by atoms with E-state index in [1.165, 1.54) is 11.1 Å². The van der Waals surface area contributed by atoms with Gasteiger partial charge >= 0.3 is 0 Å². The Balaban J connectivity index is 1.71. The molecule has 2 N–H and O–H groups in total. The monoisotopic (exact) mass is 273 g/mol. The fourth-order valence-corrected chi connectivity index (χ4v) is 3.14. The summed E-state index contributed by atoms with van der Waals surface area (Å²) < 4.78 is 0. The second-order valence-corrected chi connectivity index (χ2v) is 5.92. The van der Waals surface area contributed by atoms with Gasteiger partial charge in [-0.25, -0.2) is 0 Å². The minimum absolute atomic E-state index is 0.0973. The summed E-state index contributed by atoms with van der Waals surface area (Å²) in [5.41, 5.74) is 3.36. The van der Waals surface area contributed by atoms with E-state index in [9.17, 15) is 4.79 Å². The van der Waals surface area contributed by atoms with Gasteiger partial charge in [0.2, 0.25) is 0 Å². The van der Waals surface area contributed by atoms with Gasteiger partial charge in [-0.1, -0.05) is 12.1 Å². The van der Waals surface area contributed by atoms with Gasteiger partial charge in [-0.15, -0.1) is 0 Å². The maximum Gasteiger partial charge on any atom is 0.251 e. The fourth-order valence-electron chi connectivity index (χ4n) is 3.14. The molecule has 0 aliphatic carbocycles. The maximum absolute atomic E-state index is 12.5. The molecule has 0 spiro atoms. The zero-order valence-electron chi connectivity index (χ0n) is 12.1. The first-order chi connectivity index (χ1) is 9.74. The number of carbonyl (C=O) groups is 1. The van der Waals surface area contributed by atoms with Gasteiger partial charge in [0.15, 0.2) is 0 Å². The molecule has 1 saturated heterocycles. The summed E-state index contributed by atoms with van der Waals surface area (Å²) in [7, 11) is 2.14. The predicted octanol–water partition coefficient (Wildman–Crippen LogP) is 1.16. The summed E-state index contributed by atoms with van der Waals surface area (Å²) in [6.45, 7) is 3.96. The van der Waals surface area contributed by atoms with E-state index in [4.69, 9.17) is 0 Å². The van der Waals surface area contributed by atoms with Gasteiger partial charge in [0.05, 0.1) is 0 Å². The summed E-state index contributed by atoms with van der Waals surface area (Å²) in [5.74, 6) is 0.0973. The van der Waals surface area contributed by atoms with E-state index in [-0.39, 0.29) is 5.91 Å². The summed E-state index contributed by atoms with van der Waals surface area (Å²) >= 11 is 0. The first kappa shape index (κ1) is 13.6. The average Bonchev–Trinajstić information content (AvgIpc) is 2.49. The molecule has 0 bridgehead atoms. The van der Waals surface area contributed by atoms with Gasteiger partial charge in [-0.05, 0) is 63.1 Å². The number of benzene rings is 1. The molecule has 1 amide bonds. The molecule has 0 unspecified atom stereocenters. The van der Waals surface area contributed by atoms with Crippen LogP contribution in [-0.2, 0) is 13.0 Å². The quantitative estimate of drug-likeness (QED) is 0.850. The highest BCUT2D eigenvalue weighted by Crippen LogP contribution is 2.19. The molecule has 2 aliphatic heterocycles. The lowest BCUT2D eigenvalue weighted by atomic mass is 9.95. The topological polar surface area (TPSA) is 44.4 Å². The Labute approximate surface area is 120 Å². The number of nitrogens with zero attached hydrogens (tertiary/aromatic N) is 1. The molecule has 108 valence electrons. The van der Waals surface area contributed by atoms with Crippen molar-refractivity contribution < 1.29 is 4.79 Å². The number of hydrogen-bond acceptors (Lipinski definition) is 3. The minimum Gasteiger partial charge on any atom is -0.349 e. The second-order valence-electron chi connectivity index (χ2n) is 5.92. The molecule has 0 aromatic heterocycles. The molecule has 0 saturated carbocycles. The van der Waals surface area contributed by atoms with Crippen LogP contribution in [0, 0.1) is 0 Å². The van der Waals surface area contributed by atoms with Crippen molar-refractivity contribution in [2.75, 3.05) is 26.7 Å². The smallest absolute Gasteiger partial charge is 0.251 e. The summed E-state index contributed by atoms with van der Waals surface area (Å²) in [6.07, 6.45) is 3.12. The minimum atomic E-state index is 0.0973. The van der Waals surface area contributed by atoms with Crippen molar-refractivity contribution in [3.8, 4) is 0 Å². The second kappa shape index (κ2) is 5.94. The van der Waals surface area contributed by atoms with Gasteiger partial charge in [-0.2, -0.15) is 0 Å². The third kappa shape index (κ3) is 2.86. The van der Waals surface area contributed by atoms with Crippen LogP contribution in [-0.4, -0.2) is 43.5 Å². The Kier molecular flexibility index (Phi) is 4.03. The normalized spacial score (nSPS) is 20.4. The molecular formula is C16H23N3O. The van der Waals surface area contributed by atoms with Crippen LogP contribution in [0.4, 0.5) is 0 Å². The highest BCUT2D eigenvalue weighted by molar-refractivity contribution is 5.96. The Hall–Kier alpha value is -1.39. The number of piperidine rings is 1. The number of hydrogen-bond donors (Lipinski definition) is 2. The summed E-state index contributed by atoms with van der Waals surface area (Å²) in [6, 6.07) is 6.43. The van der Waals surface area contributed by atoms with Crippen molar-refractivity contribution in [3.05, 3.63) is 34.9 Å². The molecule has 1 fully saturated rings. The van der Waals surface area contributed by atoms with E-state index in [1.54, 1.807) is 0 Å². The number of fused-ring (bicyclic) bond motifs is 1. The molecule has 2 heterocycles. The van der Waals surface area contributed by atoms with Crippen LogP contribution >= 0.6 is 0 Å². The largest absolute Gasteiger partial charge is 0.349 e. The summed E-state index contributed by atoms with van der Waals surface area (Å²) in [5, 5.41) is 6.57. The van der Waals surface area contributed by atoms with E-state index in [0.29, 0.717) is 6.04 Å². The number of carbonyl (C=O) groups excluding carboxylic acids is 1. The van der Waals surface area contributed by atoms with E-state index in [1.807, 2.05) is 12.1 Å². The van der Waals surface area contributed by atoms with Crippen molar-refractivity contribution in [2.24, 2.45) is 0 Å². The van der Waals surface area contributed by atoms with Crippen molar-refractivity contribution in [3.63, 3.8) is 0 Å². The van der Waals surface area contributed by atoms with E-state index in [0.717, 1.165) is 51.0 Å². The van der Waals surface area contributed by atoms with Crippen molar-refractivity contribution in [2.45, 2.75) is 31.8 Å². The Morgan fingerprint density at radius 1 is 1.35 bits per heavy atom. The van der Waals surface area contributed by atoms with Crippen LogP contribution in [0.2, 0.25) is 0 Å². The molecule has 1 aromatic rings. The van der Waals surface area contributed by atoms with E-state index >= 15 is 0 Å². The first-order valence-electron chi connectivity index (χ1n) is 7.55. The molecule has 3 rings (SSSR count). The Morgan fingerprint density at radius 3 is 2.95 bits per heavy atom. The molecule has 20 heavy (non-hydrogen) atoms. The van der Waals surface area contributed by atoms with Crippen LogP contribution in [0.5, 0.6) is 0 Å². The molecule has 0 atom stereocenters. The highest BCUT2D eigenvalue weighted by Gasteiger charge is 2.22. The number of likely N-dealkylation sites (tertiary alicyclic amines) is 1. The lowest BCUT2D eigenvalue weighted by Gasteiger charge is -2.30. The zero-order chi connectivity index (χ0) is 13.9. The van der Waals surface area contributed by atoms with Crippen LogP contribution in [0.15, 0.2) is 18.2 Å². The van der Waals surface area contributed by atoms with Gasteiger partial charge in [-0.3, -0.25) is 4.79 Å². The molecule has 4 nitrogen and oxygen atoms in total. The molecule has 2 aliphatic rings. The van der Waals surface area contributed by atoms with Crippen molar-refractivity contribution in [1.82, 2.24) is 15.5 Å². The number of rotatable bonds is 2. The Bertz CT molecular complexity index is 492. The highest BCUT2D eigenvalue weighted by atomic mass is 16.1. The van der Waals surface area contributed by atoms with Gasteiger partial charge in [0, 0.05) is 18.2 Å². The molecular weight excluding hydrogens is 250 g/mol. The van der Waals surface area contributed by atoms with Crippen molar-refractivity contribution in [1.29, 1.82) is 0 Å². The standard InChI is InChI=1S/C16H23N3O/c1-19-9-6-13(7-10-19)18-16(20)14-4-2-3-12-5-8-17-11-15(12)14/h2-4,13,17H,5-11H2,1H3,(H,18,20). The van der Waals surface area contributed by atoms with Crippen LogP contribution in [0.1, 0.15) is 34.3 Å². The van der Waals surface area contributed by atoms with E-state index < -0.39 is 0 Å². The molecule has 0 radical (unpaired) electrons. The van der Waals surface area contributed by atoms with Gasteiger partial charge < -0.3 is 15.5 Å². The number of nitrogens with one attached hydrogen (secondary N) is 2. The van der Waals surface area contributed by atoms with Gasteiger partial charge in [0.1, 0.15) is 0 Å². The zero-order valence-corrected chi connectivity index (χ0v) is 12.1. The fraction of sp³-hybridized carbons (Fsp3) is 0.562. The number of amides is 1. The predicted molar refractivity (Wildman–Crippen MR) is 79.8 cm³/mol. The average molecular weight is 273 g/mol. The maximum atomic E-state index is 12.5. The van der Waals surface area contributed by atoms with Crippen LogP contribution in [0.3, 0.4) is 0 Å². The third-order valence-corrected chi connectivity index (χ3v) is 4.44. The van der Waals surface area contributed by atoms with Crippen LogP contribution in [0.25, 0.3) is 0 Å². The lowest BCUT2D eigenvalue weighted by Crippen LogP contribution is -2.43. The van der Waals surface area contributed by atoms with E-state index in [2.05, 4.69) is 28.6 Å². The molecule has 1 aromatic carbocycles.